The van der Waals surface area contributed by atoms with E-state index in [2.05, 4.69) is 5.32 Å². The molecule has 0 spiro atoms. The number of rotatable bonds is 2. The van der Waals surface area contributed by atoms with E-state index in [1.165, 1.54) is 5.06 Å². The monoisotopic (exact) mass is 310 g/mol. The van der Waals surface area contributed by atoms with E-state index in [0.29, 0.717) is 25.0 Å². The summed E-state index contributed by atoms with van der Waals surface area (Å²) in [7, 11) is 0. The lowest BCUT2D eigenvalue weighted by atomic mass is 9.83. The van der Waals surface area contributed by atoms with E-state index in [0.717, 1.165) is 25.7 Å². The summed E-state index contributed by atoms with van der Waals surface area (Å²) >= 11 is 0. The second kappa shape index (κ2) is 5.72. The third-order valence-corrected chi connectivity index (χ3v) is 4.88. The molecule has 1 N–H and O–H groups in total. The summed E-state index contributed by atoms with van der Waals surface area (Å²) in [5, 5.41) is 4.45. The summed E-state index contributed by atoms with van der Waals surface area (Å²) in [6, 6.07) is -0.120. The molecule has 4 unspecified atom stereocenters. The quantitative estimate of drug-likeness (QED) is 0.848. The van der Waals surface area contributed by atoms with Gasteiger partial charge in [0.2, 0.25) is 0 Å². The average Bonchev–Trinajstić information content (AvgIpc) is 3.12. The summed E-state index contributed by atoms with van der Waals surface area (Å²) in [6.07, 6.45) is 3.63. The van der Waals surface area contributed by atoms with E-state index in [9.17, 15) is 9.59 Å². The van der Waals surface area contributed by atoms with Gasteiger partial charge in [-0.3, -0.25) is 9.63 Å². The SMILES string of the molecule is CC(C)(C)OC(=O)NC1C2CCC(C2)C1C(=O)N1CCCO1. The van der Waals surface area contributed by atoms with Gasteiger partial charge in [-0.1, -0.05) is 0 Å². The molecule has 3 aliphatic rings. The van der Waals surface area contributed by atoms with E-state index >= 15 is 0 Å². The Morgan fingerprint density at radius 2 is 1.95 bits per heavy atom. The lowest BCUT2D eigenvalue weighted by Gasteiger charge is -2.33. The number of fused-ring (bicyclic) bond motifs is 2. The molecule has 0 aromatic carbocycles. The number of amides is 2. The largest absolute Gasteiger partial charge is 0.444 e. The highest BCUT2D eigenvalue weighted by Gasteiger charge is 2.53. The van der Waals surface area contributed by atoms with Crippen LogP contribution in [0.3, 0.4) is 0 Å². The van der Waals surface area contributed by atoms with Gasteiger partial charge in [-0.05, 0) is 58.3 Å². The van der Waals surface area contributed by atoms with Crippen LogP contribution in [0.2, 0.25) is 0 Å². The molecule has 6 heteroatoms. The number of alkyl carbamates (subject to hydrolysis) is 1. The van der Waals surface area contributed by atoms with Gasteiger partial charge in [0.05, 0.1) is 19.1 Å². The summed E-state index contributed by atoms with van der Waals surface area (Å²) in [6.45, 7) is 6.79. The maximum absolute atomic E-state index is 12.7. The molecule has 4 atom stereocenters. The van der Waals surface area contributed by atoms with Crippen LogP contribution >= 0.6 is 0 Å². The van der Waals surface area contributed by atoms with Gasteiger partial charge in [0, 0.05) is 6.04 Å². The first kappa shape index (κ1) is 15.6. The number of nitrogens with one attached hydrogen (secondary N) is 1. The van der Waals surface area contributed by atoms with Crippen molar-refractivity contribution in [2.75, 3.05) is 13.2 Å². The highest BCUT2D eigenvalue weighted by atomic mass is 16.7. The lowest BCUT2D eigenvalue weighted by Crippen LogP contribution is -2.51. The Bertz CT molecular complexity index is 454. The first-order valence-electron chi connectivity index (χ1n) is 8.29. The topological polar surface area (TPSA) is 67.9 Å². The number of carbonyl (C=O) groups excluding carboxylic acids is 2. The van der Waals surface area contributed by atoms with Crippen molar-refractivity contribution >= 4 is 12.0 Å². The highest BCUT2D eigenvalue weighted by Crippen LogP contribution is 2.49. The van der Waals surface area contributed by atoms with Gasteiger partial charge in [-0.2, -0.15) is 0 Å². The van der Waals surface area contributed by atoms with Gasteiger partial charge in [-0.25, -0.2) is 9.86 Å². The van der Waals surface area contributed by atoms with Crippen molar-refractivity contribution in [3.63, 3.8) is 0 Å². The molecular weight excluding hydrogens is 284 g/mol. The molecule has 0 aromatic heterocycles. The maximum atomic E-state index is 12.7. The molecule has 1 aliphatic heterocycles. The van der Waals surface area contributed by atoms with Crippen LogP contribution in [-0.4, -0.2) is 41.9 Å². The minimum atomic E-state index is -0.529. The Morgan fingerprint density at radius 1 is 1.23 bits per heavy atom. The smallest absolute Gasteiger partial charge is 0.407 e. The molecule has 6 nitrogen and oxygen atoms in total. The molecule has 2 saturated carbocycles. The molecule has 1 heterocycles. The zero-order valence-corrected chi connectivity index (χ0v) is 13.6. The first-order chi connectivity index (χ1) is 10.3. The molecule has 3 fully saturated rings. The molecule has 2 aliphatic carbocycles. The van der Waals surface area contributed by atoms with Gasteiger partial charge in [-0.15, -0.1) is 0 Å². The van der Waals surface area contributed by atoms with E-state index in [1.807, 2.05) is 20.8 Å². The fourth-order valence-electron chi connectivity index (χ4n) is 4.09. The van der Waals surface area contributed by atoms with Crippen LogP contribution in [0, 0.1) is 17.8 Å². The summed E-state index contributed by atoms with van der Waals surface area (Å²) in [5.74, 6) is 0.617. The number of nitrogens with zero attached hydrogens (tertiary/aromatic N) is 1. The molecule has 1 saturated heterocycles. The summed E-state index contributed by atoms with van der Waals surface area (Å²) in [5.41, 5.74) is -0.529. The van der Waals surface area contributed by atoms with Gasteiger partial charge < -0.3 is 10.1 Å². The molecule has 0 radical (unpaired) electrons. The lowest BCUT2D eigenvalue weighted by molar-refractivity contribution is -0.176. The van der Waals surface area contributed by atoms with E-state index in [-0.39, 0.29) is 17.9 Å². The second-order valence-electron chi connectivity index (χ2n) is 7.66. The fraction of sp³-hybridized carbons (Fsp3) is 0.875. The minimum Gasteiger partial charge on any atom is -0.444 e. The fourth-order valence-corrected chi connectivity index (χ4v) is 4.09. The third-order valence-electron chi connectivity index (χ3n) is 4.88. The van der Waals surface area contributed by atoms with E-state index in [1.54, 1.807) is 0 Å². The minimum absolute atomic E-state index is 0.0331. The van der Waals surface area contributed by atoms with E-state index in [4.69, 9.17) is 9.57 Å². The number of hydrogen-bond donors (Lipinski definition) is 1. The molecule has 2 bridgehead atoms. The van der Waals surface area contributed by atoms with Crippen LogP contribution < -0.4 is 5.32 Å². The van der Waals surface area contributed by atoms with Crippen LogP contribution in [-0.2, 0) is 14.4 Å². The highest BCUT2D eigenvalue weighted by molar-refractivity contribution is 5.81. The molecular formula is C16H26N2O4. The second-order valence-corrected chi connectivity index (χ2v) is 7.66. The van der Waals surface area contributed by atoms with Crippen LogP contribution in [0.5, 0.6) is 0 Å². The molecule has 124 valence electrons. The Balaban J connectivity index is 1.68. The molecule has 0 aromatic rings. The van der Waals surface area contributed by atoms with Crippen LogP contribution in [0.25, 0.3) is 0 Å². The maximum Gasteiger partial charge on any atom is 0.407 e. The van der Waals surface area contributed by atoms with Gasteiger partial charge >= 0.3 is 6.09 Å². The molecule has 2 amide bonds. The number of carbonyl (C=O) groups is 2. The standard InChI is InChI=1S/C16H26N2O4/c1-16(2,3)22-15(20)17-13-11-6-5-10(9-11)12(13)14(19)18-7-4-8-21-18/h10-13H,4-9H2,1-3H3,(H,17,20). The third kappa shape index (κ3) is 3.07. The first-order valence-corrected chi connectivity index (χ1v) is 8.29. The predicted octanol–water partition coefficient (Wildman–Crippen LogP) is 2.09. The van der Waals surface area contributed by atoms with Crippen molar-refractivity contribution in [1.29, 1.82) is 0 Å². The van der Waals surface area contributed by atoms with Crippen molar-refractivity contribution in [1.82, 2.24) is 10.4 Å². The van der Waals surface area contributed by atoms with Crippen molar-refractivity contribution in [3.05, 3.63) is 0 Å². The Hall–Kier alpha value is -1.30. The van der Waals surface area contributed by atoms with Crippen molar-refractivity contribution in [2.24, 2.45) is 17.8 Å². The normalized spacial score (nSPS) is 34.0. The number of hydrogen-bond acceptors (Lipinski definition) is 4. The van der Waals surface area contributed by atoms with Gasteiger partial charge in [0.1, 0.15) is 5.60 Å². The van der Waals surface area contributed by atoms with E-state index < -0.39 is 11.7 Å². The Labute approximate surface area is 131 Å². The summed E-state index contributed by atoms with van der Waals surface area (Å²) < 4.78 is 5.35. The van der Waals surface area contributed by atoms with Crippen molar-refractivity contribution in [3.8, 4) is 0 Å². The van der Waals surface area contributed by atoms with Crippen LogP contribution in [0.15, 0.2) is 0 Å². The van der Waals surface area contributed by atoms with Gasteiger partial charge in [0.25, 0.3) is 5.91 Å². The molecule has 22 heavy (non-hydrogen) atoms. The number of hydroxylamine groups is 2. The van der Waals surface area contributed by atoms with Crippen molar-refractivity contribution < 1.29 is 19.2 Å². The van der Waals surface area contributed by atoms with Crippen LogP contribution in [0.1, 0.15) is 46.5 Å². The van der Waals surface area contributed by atoms with Crippen LogP contribution in [0.4, 0.5) is 4.79 Å². The predicted molar refractivity (Wildman–Crippen MR) is 79.8 cm³/mol. The zero-order chi connectivity index (χ0) is 15.9. The number of ether oxygens (including phenoxy) is 1. The molecule has 3 rings (SSSR count). The Morgan fingerprint density at radius 3 is 2.59 bits per heavy atom. The Kier molecular flexibility index (Phi) is 4.05. The zero-order valence-electron chi connectivity index (χ0n) is 13.6. The summed E-state index contributed by atoms with van der Waals surface area (Å²) in [4.78, 5) is 30.2. The van der Waals surface area contributed by atoms with Crippen molar-refractivity contribution in [2.45, 2.75) is 58.1 Å². The van der Waals surface area contributed by atoms with Gasteiger partial charge in [0.15, 0.2) is 0 Å². The average molecular weight is 310 g/mol.